The van der Waals surface area contributed by atoms with Gasteiger partial charge in [0, 0.05) is 19.3 Å². The summed E-state index contributed by atoms with van der Waals surface area (Å²) in [6.07, 6.45) is 90.1. The molecule has 1 atom stereocenters. The van der Waals surface area contributed by atoms with Crippen LogP contribution in [-0.4, -0.2) is 37.2 Å². The lowest BCUT2D eigenvalue weighted by molar-refractivity contribution is -0.167. The Morgan fingerprint density at radius 3 is 1.00 bits per heavy atom. The van der Waals surface area contributed by atoms with Gasteiger partial charge in [0.25, 0.3) is 0 Å². The van der Waals surface area contributed by atoms with Gasteiger partial charge < -0.3 is 14.2 Å². The lowest BCUT2D eigenvalue weighted by atomic mass is 10.1. The number of hydrogen-bond acceptors (Lipinski definition) is 6. The fourth-order valence-corrected chi connectivity index (χ4v) is 7.13. The number of hydrogen-bond donors (Lipinski definition) is 0. The summed E-state index contributed by atoms with van der Waals surface area (Å²) in [6, 6.07) is 0. The fourth-order valence-electron chi connectivity index (χ4n) is 7.13. The smallest absolute Gasteiger partial charge is 0.306 e. The zero-order chi connectivity index (χ0) is 53.6. The van der Waals surface area contributed by atoms with E-state index in [2.05, 4.69) is 130 Å². The molecule has 0 radical (unpaired) electrons. The largest absolute Gasteiger partial charge is 0.462 e. The lowest BCUT2D eigenvalue weighted by Crippen LogP contribution is -2.30. The number of ether oxygens (including phenoxy) is 3. The van der Waals surface area contributed by atoms with Crippen LogP contribution in [0.3, 0.4) is 0 Å². The molecule has 1 unspecified atom stereocenters. The minimum atomic E-state index is -0.828. The van der Waals surface area contributed by atoms with Crippen molar-refractivity contribution in [1.82, 2.24) is 0 Å². The van der Waals surface area contributed by atoms with Gasteiger partial charge in [-0.3, -0.25) is 14.4 Å². The van der Waals surface area contributed by atoms with E-state index in [4.69, 9.17) is 14.2 Å². The molecule has 0 aromatic heterocycles. The molecule has 0 N–H and O–H groups in total. The summed E-state index contributed by atoms with van der Waals surface area (Å²) in [5.41, 5.74) is 0. The summed E-state index contributed by atoms with van der Waals surface area (Å²) in [7, 11) is 0. The molecule has 6 nitrogen and oxygen atoms in total. The molecule has 410 valence electrons. The summed E-state index contributed by atoms with van der Waals surface area (Å²) in [6.45, 7) is 6.25. The van der Waals surface area contributed by atoms with Crippen LogP contribution in [0.2, 0.25) is 0 Å². The number of esters is 3. The van der Waals surface area contributed by atoms with Gasteiger partial charge in [0.15, 0.2) is 6.10 Å². The van der Waals surface area contributed by atoms with Crippen molar-refractivity contribution in [3.8, 4) is 0 Å². The molecule has 0 saturated carbocycles. The van der Waals surface area contributed by atoms with Crippen LogP contribution >= 0.6 is 0 Å². The SMILES string of the molecule is CC\C=C/C=C\C=C/C=C\C=C\C=C/C=C\CCCCCC(=O)OCC(COC(=O)CCCCCCC\C=C/C=C\C=C/C=C\CCCCC)OC(=O)CCCCCCCC/C=C\C/C=C\C/C=C\C/C=C\CC. The van der Waals surface area contributed by atoms with Crippen LogP contribution in [0, 0.1) is 0 Å². The zero-order valence-electron chi connectivity index (χ0n) is 46.8. The van der Waals surface area contributed by atoms with Crippen molar-refractivity contribution in [3.05, 3.63) is 182 Å². The van der Waals surface area contributed by atoms with Gasteiger partial charge >= 0.3 is 17.9 Å². The summed E-state index contributed by atoms with van der Waals surface area (Å²) in [5.74, 6) is -1.01. The molecule has 74 heavy (non-hydrogen) atoms. The van der Waals surface area contributed by atoms with Crippen LogP contribution in [0.4, 0.5) is 0 Å². The van der Waals surface area contributed by atoms with E-state index in [1.54, 1.807) is 0 Å². The minimum absolute atomic E-state index is 0.122. The van der Waals surface area contributed by atoms with E-state index < -0.39 is 6.10 Å². The summed E-state index contributed by atoms with van der Waals surface area (Å²) in [5, 5.41) is 0. The predicted octanol–water partition coefficient (Wildman–Crippen LogP) is 19.7. The third-order valence-electron chi connectivity index (χ3n) is 11.4. The Balaban J connectivity index is 4.62. The van der Waals surface area contributed by atoms with E-state index in [0.717, 1.165) is 128 Å². The average molecular weight is 1020 g/mol. The number of rotatable bonds is 49. The van der Waals surface area contributed by atoms with Crippen LogP contribution in [0.25, 0.3) is 0 Å². The second-order valence-electron chi connectivity index (χ2n) is 18.4. The first-order valence-corrected chi connectivity index (χ1v) is 28.9. The van der Waals surface area contributed by atoms with Gasteiger partial charge in [0.2, 0.25) is 0 Å². The maximum atomic E-state index is 12.9. The van der Waals surface area contributed by atoms with Gasteiger partial charge in [-0.1, -0.05) is 267 Å². The summed E-state index contributed by atoms with van der Waals surface area (Å²) >= 11 is 0. The van der Waals surface area contributed by atoms with E-state index in [0.29, 0.717) is 12.8 Å². The normalized spacial score (nSPS) is 13.5. The van der Waals surface area contributed by atoms with Gasteiger partial charge in [0.05, 0.1) is 0 Å². The molecule has 0 aromatic rings. The summed E-state index contributed by atoms with van der Waals surface area (Å²) in [4.78, 5) is 38.2. The van der Waals surface area contributed by atoms with Crippen molar-refractivity contribution in [3.63, 3.8) is 0 Å². The van der Waals surface area contributed by atoms with Crippen molar-refractivity contribution in [2.75, 3.05) is 13.2 Å². The van der Waals surface area contributed by atoms with Crippen LogP contribution in [-0.2, 0) is 28.6 Å². The van der Waals surface area contributed by atoms with Gasteiger partial charge in [-0.2, -0.15) is 0 Å². The predicted molar refractivity (Wildman–Crippen MR) is 320 cm³/mol. The number of allylic oxidation sites excluding steroid dienone is 30. The van der Waals surface area contributed by atoms with Crippen LogP contribution in [0.5, 0.6) is 0 Å². The molecule has 0 bridgehead atoms. The van der Waals surface area contributed by atoms with E-state index in [9.17, 15) is 14.4 Å². The van der Waals surface area contributed by atoms with E-state index >= 15 is 0 Å². The van der Waals surface area contributed by atoms with Gasteiger partial charge in [-0.15, -0.1) is 0 Å². The molecule has 0 spiro atoms. The van der Waals surface area contributed by atoms with Gasteiger partial charge in [-0.25, -0.2) is 0 Å². The number of carbonyl (C=O) groups excluding carboxylic acids is 3. The standard InChI is InChI=1S/C68H102O6/c1-4-7-10-13-16-19-22-25-28-31-34-37-40-43-46-49-52-55-58-61-67(70)73-64-65(63-72-66(69)60-57-54-51-48-45-42-39-36-33-30-27-24-21-18-15-12-9-6-3)74-68(71)62-59-56-53-50-47-44-41-38-35-32-29-26-23-20-17-14-11-8-5-2/h7-8,10-11,13,16-22,24-31,33-40,43,46,65H,4-6,9,12,14-15,23,32,41-42,44-45,47-64H2,1-3H3/b10-7-,11-8-,16-13-,20-17-,21-18-,22-19-,27-24-,28-25-,29-26-,33-30-,34-31+,38-35-,39-36-,40-37-,46-43-. The maximum absolute atomic E-state index is 12.9. The maximum Gasteiger partial charge on any atom is 0.306 e. The van der Waals surface area contributed by atoms with E-state index in [1.165, 1.54) is 32.1 Å². The van der Waals surface area contributed by atoms with Crippen molar-refractivity contribution in [2.24, 2.45) is 0 Å². The third-order valence-corrected chi connectivity index (χ3v) is 11.4. The average Bonchev–Trinajstić information content (AvgIpc) is 3.40. The first kappa shape index (κ1) is 68.5. The molecule has 0 rings (SSSR count). The van der Waals surface area contributed by atoms with E-state index in [-0.39, 0.29) is 44.0 Å². The molecule has 0 aliphatic rings. The van der Waals surface area contributed by atoms with Gasteiger partial charge in [0.1, 0.15) is 13.2 Å². The Morgan fingerprint density at radius 1 is 0.297 bits per heavy atom. The molecular weight excluding hydrogens is 913 g/mol. The molecule has 0 aliphatic carbocycles. The number of carbonyl (C=O) groups is 3. The zero-order valence-corrected chi connectivity index (χ0v) is 46.8. The Labute approximate surface area is 453 Å². The van der Waals surface area contributed by atoms with E-state index in [1.807, 2.05) is 72.9 Å². The second-order valence-corrected chi connectivity index (χ2v) is 18.4. The quantitative estimate of drug-likeness (QED) is 0.0199. The summed E-state index contributed by atoms with van der Waals surface area (Å²) < 4.78 is 16.8. The van der Waals surface area contributed by atoms with Crippen molar-refractivity contribution >= 4 is 17.9 Å². The lowest BCUT2D eigenvalue weighted by Gasteiger charge is -2.18. The molecule has 0 saturated heterocycles. The first-order chi connectivity index (χ1) is 36.5. The van der Waals surface area contributed by atoms with Crippen LogP contribution in [0.15, 0.2) is 182 Å². The highest BCUT2D eigenvalue weighted by Gasteiger charge is 2.19. The molecule has 6 heteroatoms. The van der Waals surface area contributed by atoms with Crippen molar-refractivity contribution < 1.29 is 28.6 Å². The number of unbranched alkanes of at least 4 members (excludes halogenated alkanes) is 17. The minimum Gasteiger partial charge on any atom is -0.462 e. The molecule has 0 aliphatic heterocycles. The second kappa shape index (κ2) is 60.1. The van der Waals surface area contributed by atoms with Gasteiger partial charge in [-0.05, 0) is 103 Å². The van der Waals surface area contributed by atoms with Crippen molar-refractivity contribution in [1.29, 1.82) is 0 Å². The monoisotopic (exact) mass is 1010 g/mol. The van der Waals surface area contributed by atoms with Crippen LogP contribution < -0.4 is 0 Å². The highest BCUT2D eigenvalue weighted by Crippen LogP contribution is 2.13. The highest BCUT2D eigenvalue weighted by atomic mass is 16.6. The highest BCUT2D eigenvalue weighted by molar-refractivity contribution is 5.71. The molecule has 0 heterocycles. The first-order valence-electron chi connectivity index (χ1n) is 28.9. The Morgan fingerprint density at radius 2 is 0.595 bits per heavy atom. The Hall–Kier alpha value is -5.49. The van der Waals surface area contributed by atoms with Crippen molar-refractivity contribution in [2.45, 2.75) is 213 Å². The Kier molecular flexibility index (Phi) is 55.6. The topological polar surface area (TPSA) is 78.9 Å². The third kappa shape index (κ3) is 57.4. The molecule has 0 amide bonds. The molecule has 0 aromatic carbocycles. The molecular formula is C68H102O6. The fraction of sp³-hybridized carbons (Fsp3) is 0.515. The molecule has 0 fully saturated rings. The van der Waals surface area contributed by atoms with Crippen LogP contribution in [0.1, 0.15) is 207 Å². The Bertz CT molecular complexity index is 1780.